The summed E-state index contributed by atoms with van der Waals surface area (Å²) in [6.07, 6.45) is -0.310. The number of halogens is 1. The molecule has 0 aliphatic carbocycles. The van der Waals surface area contributed by atoms with Crippen LogP contribution in [0.2, 0.25) is 0 Å². The molecule has 0 bridgehead atoms. The summed E-state index contributed by atoms with van der Waals surface area (Å²) in [5.74, 6) is -1.24. The van der Waals surface area contributed by atoms with Gasteiger partial charge in [-0.2, -0.15) is 0 Å². The second-order valence-corrected chi connectivity index (χ2v) is 6.92. The van der Waals surface area contributed by atoms with Crippen LogP contribution in [0.5, 0.6) is 0 Å². The van der Waals surface area contributed by atoms with Gasteiger partial charge in [-0.15, -0.1) is 0 Å². The smallest absolute Gasteiger partial charge is 0.233 e. The predicted molar refractivity (Wildman–Crippen MR) is 96.6 cm³/mol. The van der Waals surface area contributed by atoms with Gasteiger partial charge in [0.15, 0.2) is 0 Å². The first kappa shape index (κ1) is 18.6. The van der Waals surface area contributed by atoms with Gasteiger partial charge in [0.25, 0.3) is 0 Å². The lowest BCUT2D eigenvalue weighted by Crippen LogP contribution is -2.28. The molecule has 0 aliphatic heterocycles. The van der Waals surface area contributed by atoms with Crippen LogP contribution >= 0.6 is 0 Å². The number of amides is 2. The monoisotopic (exact) mass is 342 g/mol. The number of nitrogens with one attached hydrogen (secondary N) is 2. The molecule has 5 heteroatoms. The third-order valence-electron chi connectivity index (χ3n) is 3.79. The fourth-order valence-corrected chi connectivity index (χ4v) is 2.30. The minimum Gasteiger partial charge on any atom is -0.351 e. The molecule has 2 aromatic rings. The molecule has 2 amide bonds. The van der Waals surface area contributed by atoms with Gasteiger partial charge in [0, 0.05) is 17.8 Å². The molecule has 4 nitrogen and oxygen atoms in total. The van der Waals surface area contributed by atoms with Crippen molar-refractivity contribution in [3.63, 3.8) is 0 Å². The molecule has 2 aromatic carbocycles. The maximum absolute atomic E-state index is 13.5. The molecular formula is C20H23FN2O2. The lowest BCUT2D eigenvalue weighted by Gasteiger charge is -2.19. The Kier molecular flexibility index (Phi) is 5.91. The van der Waals surface area contributed by atoms with E-state index < -0.39 is 11.8 Å². The summed E-state index contributed by atoms with van der Waals surface area (Å²) in [7, 11) is 0. The Morgan fingerprint density at radius 2 is 1.60 bits per heavy atom. The summed E-state index contributed by atoms with van der Waals surface area (Å²) in [4.78, 5) is 23.8. The fraction of sp³-hybridized carbons (Fsp3) is 0.300. The first-order valence-corrected chi connectivity index (χ1v) is 8.16. The third-order valence-corrected chi connectivity index (χ3v) is 3.79. The van der Waals surface area contributed by atoms with Gasteiger partial charge in [0.05, 0.1) is 0 Å². The van der Waals surface area contributed by atoms with E-state index in [0.29, 0.717) is 11.3 Å². The average molecular weight is 342 g/mol. The molecule has 0 fully saturated rings. The Hall–Kier alpha value is -2.69. The van der Waals surface area contributed by atoms with Gasteiger partial charge < -0.3 is 10.6 Å². The Morgan fingerprint density at radius 3 is 2.20 bits per heavy atom. The van der Waals surface area contributed by atoms with Crippen molar-refractivity contribution in [2.24, 2.45) is 0 Å². The zero-order valence-corrected chi connectivity index (χ0v) is 14.7. The molecular weight excluding hydrogens is 319 g/mol. The third kappa shape index (κ3) is 5.71. The normalized spacial score (nSPS) is 11.0. The van der Waals surface area contributed by atoms with Crippen molar-refractivity contribution in [3.05, 3.63) is 65.5 Å². The van der Waals surface area contributed by atoms with E-state index in [2.05, 4.69) is 31.4 Å². The molecule has 0 aromatic heterocycles. The van der Waals surface area contributed by atoms with E-state index in [1.807, 2.05) is 24.3 Å². The zero-order valence-electron chi connectivity index (χ0n) is 14.7. The summed E-state index contributed by atoms with van der Waals surface area (Å²) in [5.41, 5.74) is 2.22. The second kappa shape index (κ2) is 7.92. The molecule has 0 saturated carbocycles. The molecule has 0 radical (unpaired) electrons. The van der Waals surface area contributed by atoms with Crippen LogP contribution in [0.3, 0.4) is 0 Å². The van der Waals surface area contributed by atoms with Gasteiger partial charge in [-0.05, 0) is 29.2 Å². The Balaban J connectivity index is 1.83. The largest absolute Gasteiger partial charge is 0.351 e. The second-order valence-electron chi connectivity index (χ2n) is 6.92. The molecule has 25 heavy (non-hydrogen) atoms. The highest BCUT2D eigenvalue weighted by Crippen LogP contribution is 2.23. The van der Waals surface area contributed by atoms with E-state index in [1.165, 1.54) is 6.07 Å². The standard InChI is InChI=1S/C20H23FN2O2/c1-20(2,3)15-8-10-16(11-9-15)23-19(25)12-18(24)22-13-14-6-4-5-7-17(14)21/h4-11H,12-13H2,1-3H3,(H,22,24)(H,23,25). The van der Waals surface area contributed by atoms with Gasteiger partial charge in [-0.25, -0.2) is 4.39 Å². The minimum atomic E-state index is -0.452. The van der Waals surface area contributed by atoms with Gasteiger partial charge >= 0.3 is 0 Å². The summed E-state index contributed by atoms with van der Waals surface area (Å²) in [6.45, 7) is 6.39. The molecule has 0 unspecified atom stereocenters. The fourth-order valence-electron chi connectivity index (χ4n) is 2.30. The Bertz CT molecular complexity index is 749. The maximum Gasteiger partial charge on any atom is 0.233 e. The SMILES string of the molecule is CC(C)(C)c1ccc(NC(=O)CC(=O)NCc2ccccc2F)cc1. The van der Waals surface area contributed by atoms with Crippen LogP contribution in [-0.2, 0) is 21.5 Å². The molecule has 132 valence electrons. The first-order chi connectivity index (χ1) is 11.8. The van der Waals surface area contributed by atoms with E-state index in [4.69, 9.17) is 0 Å². The average Bonchev–Trinajstić information content (AvgIpc) is 2.53. The van der Waals surface area contributed by atoms with Crippen LogP contribution in [0, 0.1) is 5.82 Å². The van der Waals surface area contributed by atoms with Gasteiger partial charge in [0.2, 0.25) is 11.8 Å². The van der Waals surface area contributed by atoms with Crippen LogP contribution in [0.15, 0.2) is 48.5 Å². The van der Waals surface area contributed by atoms with Crippen molar-refractivity contribution in [3.8, 4) is 0 Å². The summed E-state index contributed by atoms with van der Waals surface area (Å²) >= 11 is 0. The van der Waals surface area contributed by atoms with Crippen molar-refractivity contribution >= 4 is 17.5 Å². The molecule has 2 rings (SSSR count). The van der Waals surface area contributed by atoms with E-state index >= 15 is 0 Å². The number of rotatable bonds is 5. The summed E-state index contributed by atoms with van der Waals surface area (Å²) in [5, 5.41) is 5.23. The highest BCUT2D eigenvalue weighted by atomic mass is 19.1. The van der Waals surface area contributed by atoms with Crippen LogP contribution in [0.1, 0.15) is 38.3 Å². The van der Waals surface area contributed by atoms with Crippen LogP contribution in [0.25, 0.3) is 0 Å². The number of hydrogen-bond donors (Lipinski definition) is 2. The Labute approximate surface area is 147 Å². The number of carbonyl (C=O) groups excluding carboxylic acids is 2. The molecule has 0 atom stereocenters. The lowest BCUT2D eigenvalue weighted by molar-refractivity contribution is -0.126. The quantitative estimate of drug-likeness (QED) is 0.813. The predicted octanol–water partition coefficient (Wildman–Crippen LogP) is 3.77. The topological polar surface area (TPSA) is 58.2 Å². The molecule has 0 heterocycles. The van der Waals surface area contributed by atoms with E-state index in [9.17, 15) is 14.0 Å². The summed E-state index contributed by atoms with van der Waals surface area (Å²) in [6, 6.07) is 13.7. The summed E-state index contributed by atoms with van der Waals surface area (Å²) < 4.78 is 13.5. The van der Waals surface area contributed by atoms with Crippen LogP contribution in [0.4, 0.5) is 10.1 Å². The van der Waals surface area contributed by atoms with Gasteiger partial charge in [-0.3, -0.25) is 9.59 Å². The van der Waals surface area contributed by atoms with Crippen molar-refractivity contribution in [2.75, 3.05) is 5.32 Å². The highest BCUT2D eigenvalue weighted by Gasteiger charge is 2.14. The van der Waals surface area contributed by atoms with Crippen molar-refractivity contribution in [1.82, 2.24) is 5.32 Å². The van der Waals surface area contributed by atoms with Crippen molar-refractivity contribution in [2.45, 2.75) is 39.2 Å². The first-order valence-electron chi connectivity index (χ1n) is 8.16. The van der Waals surface area contributed by atoms with Crippen molar-refractivity contribution in [1.29, 1.82) is 0 Å². The molecule has 0 aliphatic rings. The van der Waals surface area contributed by atoms with E-state index in [1.54, 1.807) is 18.2 Å². The number of hydrogen-bond acceptors (Lipinski definition) is 2. The Morgan fingerprint density at radius 1 is 0.960 bits per heavy atom. The van der Waals surface area contributed by atoms with E-state index in [-0.39, 0.29) is 24.2 Å². The molecule has 2 N–H and O–H groups in total. The maximum atomic E-state index is 13.5. The minimum absolute atomic E-state index is 0.0368. The number of anilines is 1. The highest BCUT2D eigenvalue weighted by molar-refractivity contribution is 6.03. The molecule has 0 saturated heterocycles. The van der Waals surface area contributed by atoms with Crippen molar-refractivity contribution < 1.29 is 14.0 Å². The van der Waals surface area contributed by atoms with Gasteiger partial charge in [-0.1, -0.05) is 51.1 Å². The zero-order chi connectivity index (χ0) is 18.4. The number of carbonyl (C=O) groups is 2. The van der Waals surface area contributed by atoms with Crippen LogP contribution < -0.4 is 10.6 Å². The molecule has 0 spiro atoms. The van der Waals surface area contributed by atoms with Crippen LogP contribution in [-0.4, -0.2) is 11.8 Å². The lowest BCUT2D eigenvalue weighted by atomic mass is 9.87. The van der Waals surface area contributed by atoms with E-state index in [0.717, 1.165) is 5.56 Å². The number of benzene rings is 2. The van der Waals surface area contributed by atoms with Gasteiger partial charge in [0.1, 0.15) is 12.2 Å².